The minimum absolute atomic E-state index is 0.0673. The average molecular weight is 366 g/mol. The fourth-order valence-corrected chi connectivity index (χ4v) is 2.91. The third-order valence-corrected chi connectivity index (χ3v) is 4.09. The summed E-state index contributed by atoms with van der Waals surface area (Å²) in [6, 6.07) is 9.09. The number of amides is 1. The van der Waals surface area contributed by atoms with Crippen LogP contribution in [-0.4, -0.2) is 34.9 Å². The Morgan fingerprint density at radius 1 is 1.56 bits per heavy atom. The zero-order valence-electron chi connectivity index (χ0n) is 10.0. The molecule has 0 heterocycles. The summed E-state index contributed by atoms with van der Waals surface area (Å²) < 4.78 is 12.7. The van der Waals surface area contributed by atoms with Crippen LogP contribution in [0.25, 0.3) is 0 Å². The lowest BCUT2D eigenvalue weighted by Crippen LogP contribution is -2.55. The van der Waals surface area contributed by atoms with Gasteiger partial charge in [0.15, 0.2) is 0 Å². The van der Waals surface area contributed by atoms with Crippen LogP contribution in [0.15, 0.2) is 30.3 Å². The molecule has 1 aromatic carbocycles. The molecule has 0 aliphatic rings. The summed E-state index contributed by atoms with van der Waals surface area (Å²) in [4.78, 5) is 12.4. The van der Waals surface area contributed by atoms with Gasteiger partial charge < -0.3 is 10.8 Å². The van der Waals surface area contributed by atoms with Gasteiger partial charge >= 0.3 is 6.09 Å². The summed E-state index contributed by atoms with van der Waals surface area (Å²) in [5.74, 6) is 0. The Morgan fingerprint density at radius 2 is 2.11 bits per heavy atom. The van der Waals surface area contributed by atoms with Crippen LogP contribution >= 0.6 is 22.6 Å². The molecule has 1 aromatic rings. The molecule has 2 unspecified atom stereocenters. The maximum Gasteiger partial charge on any atom is 0.409 e. The Bertz CT molecular complexity index is 398. The number of benzene rings is 1. The number of alkyl halides is 2. The van der Waals surface area contributed by atoms with Crippen molar-refractivity contribution in [3.8, 4) is 0 Å². The topological polar surface area (TPSA) is 66.6 Å². The molecular weight excluding hydrogens is 350 g/mol. The van der Waals surface area contributed by atoms with Crippen LogP contribution in [0.5, 0.6) is 0 Å². The number of carboxylic acid groups (broad SMARTS) is 1. The molecule has 0 spiro atoms. The van der Waals surface area contributed by atoms with E-state index in [2.05, 4.69) is 0 Å². The zero-order valence-corrected chi connectivity index (χ0v) is 12.2. The second-order valence-corrected chi connectivity index (χ2v) is 5.41. The van der Waals surface area contributed by atoms with E-state index in [1.807, 2.05) is 52.9 Å². The van der Waals surface area contributed by atoms with Gasteiger partial charge in [-0.2, -0.15) is 0 Å². The summed E-state index contributed by atoms with van der Waals surface area (Å²) in [7, 11) is 0. The van der Waals surface area contributed by atoms with E-state index in [1.165, 1.54) is 6.92 Å². The lowest BCUT2D eigenvalue weighted by atomic mass is 10.0. The van der Waals surface area contributed by atoms with E-state index in [9.17, 15) is 14.3 Å². The highest BCUT2D eigenvalue weighted by Gasteiger charge is 2.39. The highest BCUT2D eigenvalue weighted by atomic mass is 127. The molecule has 1 rings (SSSR count). The van der Waals surface area contributed by atoms with E-state index >= 15 is 0 Å². The maximum absolute atomic E-state index is 13.1. The highest BCUT2D eigenvalue weighted by Crippen LogP contribution is 2.33. The van der Waals surface area contributed by atoms with E-state index in [1.54, 1.807) is 0 Å². The van der Waals surface area contributed by atoms with Crippen molar-refractivity contribution in [2.75, 3.05) is 13.2 Å². The molecule has 6 heteroatoms. The molecule has 0 saturated carbocycles. The molecule has 0 aromatic heterocycles. The lowest BCUT2D eigenvalue weighted by Gasteiger charge is -2.39. The van der Waals surface area contributed by atoms with Crippen LogP contribution < -0.4 is 5.73 Å². The second kappa shape index (κ2) is 6.33. The number of hydrogen-bond acceptors (Lipinski definition) is 2. The molecule has 1 amide bonds. The average Bonchev–Trinajstić information content (AvgIpc) is 2.39. The Kier molecular flexibility index (Phi) is 5.33. The molecule has 3 N–H and O–H groups in total. The van der Waals surface area contributed by atoms with Gasteiger partial charge in [0.25, 0.3) is 0 Å². The predicted molar refractivity (Wildman–Crippen MR) is 76.5 cm³/mol. The number of rotatable bonds is 5. The zero-order chi connectivity index (χ0) is 13.8. The Morgan fingerprint density at radius 3 is 2.50 bits per heavy atom. The Hall–Kier alpha value is -0.890. The first kappa shape index (κ1) is 15.2. The van der Waals surface area contributed by atoms with E-state index < -0.39 is 22.4 Å². The van der Waals surface area contributed by atoms with Gasteiger partial charge in [-0.05, 0) is 12.5 Å². The molecule has 100 valence electrons. The van der Waals surface area contributed by atoms with Crippen molar-refractivity contribution in [2.24, 2.45) is 5.73 Å². The molecule has 0 saturated heterocycles. The largest absolute Gasteiger partial charge is 0.465 e. The monoisotopic (exact) mass is 366 g/mol. The smallest absolute Gasteiger partial charge is 0.409 e. The van der Waals surface area contributed by atoms with Gasteiger partial charge in [0.05, 0.1) is 5.54 Å². The quantitative estimate of drug-likeness (QED) is 0.479. The normalized spacial score (nSPS) is 15.8. The van der Waals surface area contributed by atoms with Gasteiger partial charge in [-0.1, -0.05) is 52.9 Å². The number of hydrogen-bond donors (Lipinski definition) is 2. The summed E-state index contributed by atoms with van der Waals surface area (Å²) in [6.07, 6.45) is -1.18. The summed E-state index contributed by atoms with van der Waals surface area (Å²) >= 11 is 1.98. The van der Waals surface area contributed by atoms with E-state index in [0.29, 0.717) is 0 Å². The number of halogens is 2. The van der Waals surface area contributed by atoms with Crippen molar-refractivity contribution in [2.45, 2.75) is 16.5 Å². The van der Waals surface area contributed by atoms with Crippen molar-refractivity contribution >= 4 is 28.7 Å². The van der Waals surface area contributed by atoms with Crippen molar-refractivity contribution < 1.29 is 14.3 Å². The standard InChI is InChI=1S/C12H16FIN2O2/c1-12(7-13,8-15)16(11(17)18)10(14)9-5-3-2-4-6-9/h2-6,10H,7-8,15H2,1H3,(H,17,18). The van der Waals surface area contributed by atoms with Crippen LogP contribution in [-0.2, 0) is 0 Å². The lowest BCUT2D eigenvalue weighted by molar-refractivity contribution is 0.0680. The molecule has 0 bridgehead atoms. The van der Waals surface area contributed by atoms with Gasteiger partial charge in [0.1, 0.15) is 10.7 Å². The molecule has 0 fully saturated rings. The number of nitrogens with two attached hydrogens (primary N) is 1. The SMILES string of the molecule is CC(CN)(CF)N(C(=O)O)C(I)c1ccccc1. The van der Waals surface area contributed by atoms with Gasteiger partial charge in [0.2, 0.25) is 0 Å². The van der Waals surface area contributed by atoms with Gasteiger partial charge in [-0.25, -0.2) is 9.18 Å². The molecular formula is C12H16FIN2O2. The van der Waals surface area contributed by atoms with Gasteiger partial charge in [-0.15, -0.1) is 0 Å². The van der Waals surface area contributed by atoms with E-state index in [-0.39, 0.29) is 6.54 Å². The fraction of sp³-hybridized carbons (Fsp3) is 0.417. The van der Waals surface area contributed by atoms with Crippen LogP contribution in [0.1, 0.15) is 16.5 Å². The first-order valence-electron chi connectivity index (χ1n) is 5.43. The molecule has 2 atom stereocenters. The van der Waals surface area contributed by atoms with E-state index in [4.69, 9.17) is 5.73 Å². The first-order valence-corrected chi connectivity index (χ1v) is 6.68. The molecule has 0 radical (unpaired) electrons. The minimum Gasteiger partial charge on any atom is -0.465 e. The summed E-state index contributed by atoms with van der Waals surface area (Å²) in [5.41, 5.74) is 5.11. The maximum atomic E-state index is 13.1. The van der Waals surface area contributed by atoms with Crippen molar-refractivity contribution in [3.63, 3.8) is 0 Å². The molecule has 4 nitrogen and oxygen atoms in total. The number of nitrogens with zero attached hydrogens (tertiary/aromatic N) is 1. The van der Waals surface area contributed by atoms with Crippen molar-refractivity contribution in [3.05, 3.63) is 35.9 Å². The molecule has 18 heavy (non-hydrogen) atoms. The van der Waals surface area contributed by atoms with Crippen LogP contribution in [0, 0.1) is 0 Å². The van der Waals surface area contributed by atoms with Crippen molar-refractivity contribution in [1.82, 2.24) is 4.90 Å². The van der Waals surface area contributed by atoms with Crippen LogP contribution in [0.3, 0.4) is 0 Å². The number of carbonyl (C=O) groups is 1. The van der Waals surface area contributed by atoms with Crippen LogP contribution in [0.2, 0.25) is 0 Å². The highest BCUT2D eigenvalue weighted by molar-refractivity contribution is 14.1. The minimum atomic E-state index is -1.21. The third-order valence-electron chi connectivity index (χ3n) is 2.82. The van der Waals surface area contributed by atoms with Gasteiger partial charge in [0, 0.05) is 6.54 Å². The van der Waals surface area contributed by atoms with Crippen molar-refractivity contribution in [1.29, 1.82) is 0 Å². The summed E-state index contributed by atoms with van der Waals surface area (Å²) in [5, 5.41) is 9.30. The van der Waals surface area contributed by atoms with Crippen LogP contribution in [0.4, 0.5) is 9.18 Å². The second-order valence-electron chi connectivity index (χ2n) is 4.23. The predicted octanol–water partition coefficient (Wildman–Crippen LogP) is 2.79. The van der Waals surface area contributed by atoms with E-state index in [0.717, 1.165) is 10.5 Å². The Balaban J connectivity index is 3.10. The first-order chi connectivity index (χ1) is 8.46. The van der Waals surface area contributed by atoms with Gasteiger partial charge in [-0.3, -0.25) is 4.90 Å². The Labute approximate surface area is 119 Å². The fourth-order valence-electron chi connectivity index (χ4n) is 1.58. The summed E-state index contributed by atoms with van der Waals surface area (Å²) in [6.45, 7) is 0.625. The molecule has 0 aliphatic heterocycles. The molecule has 0 aliphatic carbocycles. The third kappa shape index (κ3) is 3.11.